The molecule has 2 aliphatic rings. The Morgan fingerprint density at radius 2 is 0.886 bits per heavy atom. The van der Waals surface area contributed by atoms with E-state index in [1.54, 1.807) is 18.2 Å². The van der Waals surface area contributed by atoms with Gasteiger partial charge in [0.25, 0.3) is 0 Å². The second kappa shape index (κ2) is 7.80. The Balaban J connectivity index is 2.06. The topological polar surface area (TPSA) is 68.3 Å². The van der Waals surface area contributed by atoms with E-state index in [4.69, 9.17) is 0 Å². The zero-order valence-corrected chi connectivity index (χ0v) is 23.3. The van der Waals surface area contributed by atoms with E-state index in [-0.39, 0.29) is 23.1 Å². The number of hydrogen-bond acceptors (Lipinski definition) is 4. The smallest absolute Gasteiger partial charge is 0.154 e. The molecule has 0 atom stereocenters. The van der Waals surface area contributed by atoms with Gasteiger partial charge in [-0.3, -0.25) is 19.2 Å². The highest BCUT2D eigenvalue weighted by atomic mass is 79.9. The molecule has 4 nitrogen and oxygen atoms in total. The van der Waals surface area contributed by atoms with Crippen LogP contribution >= 0.6 is 15.9 Å². The van der Waals surface area contributed by atoms with Crippen LogP contribution in [0, 0.1) is 21.7 Å². The van der Waals surface area contributed by atoms with Crippen molar-refractivity contribution in [3.63, 3.8) is 0 Å². The second-order valence-corrected chi connectivity index (χ2v) is 13.0. The minimum absolute atomic E-state index is 0.136. The van der Waals surface area contributed by atoms with Crippen molar-refractivity contribution < 1.29 is 19.2 Å². The van der Waals surface area contributed by atoms with E-state index in [1.807, 2.05) is 79.7 Å². The standard InChI is InChI=1S/C30H33BrO4/c1-27(2)23(32)21(24(33)28(27,3)4)17-13-11-14-18(20(17)16-12-9-10-15-19(16)31)22-25(34)29(5,6)30(7,8)26(22)35/h9-15,21-22H,1-8H3. The van der Waals surface area contributed by atoms with Crippen molar-refractivity contribution in [2.75, 3.05) is 0 Å². The average Bonchev–Trinajstić information content (AvgIpc) is 2.98. The highest BCUT2D eigenvalue weighted by Gasteiger charge is 2.62. The fraction of sp³-hybridized carbons (Fsp3) is 0.467. The van der Waals surface area contributed by atoms with Crippen molar-refractivity contribution in [2.24, 2.45) is 21.7 Å². The zero-order valence-electron chi connectivity index (χ0n) is 21.7. The molecule has 35 heavy (non-hydrogen) atoms. The number of benzene rings is 2. The first-order valence-electron chi connectivity index (χ1n) is 12.1. The van der Waals surface area contributed by atoms with Crippen LogP contribution in [0.1, 0.15) is 78.4 Å². The molecular formula is C30H33BrO4. The van der Waals surface area contributed by atoms with Gasteiger partial charge in [-0.2, -0.15) is 0 Å². The van der Waals surface area contributed by atoms with Gasteiger partial charge in [0.2, 0.25) is 0 Å². The Hall–Kier alpha value is -2.40. The molecule has 0 radical (unpaired) electrons. The maximum atomic E-state index is 13.7. The van der Waals surface area contributed by atoms with Crippen molar-refractivity contribution >= 4 is 39.1 Å². The SMILES string of the molecule is CC1(C)C(=O)C(c2cccc(C3C(=O)C(C)(C)C(C)(C)C3=O)c2-c2ccccc2Br)C(=O)C1(C)C. The maximum Gasteiger partial charge on any atom is 0.154 e. The minimum Gasteiger partial charge on any atom is -0.298 e. The number of rotatable bonds is 3. The molecular weight excluding hydrogens is 504 g/mol. The monoisotopic (exact) mass is 536 g/mol. The first kappa shape index (κ1) is 25.7. The molecule has 0 spiro atoms. The fourth-order valence-corrected chi connectivity index (χ4v) is 6.01. The highest BCUT2D eigenvalue weighted by molar-refractivity contribution is 9.10. The molecule has 0 unspecified atom stereocenters. The molecule has 0 bridgehead atoms. The Labute approximate surface area is 216 Å². The van der Waals surface area contributed by atoms with Crippen LogP contribution in [0.15, 0.2) is 46.9 Å². The largest absolute Gasteiger partial charge is 0.298 e. The van der Waals surface area contributed by atoms with Crippen molar-refractivity contribution in [1.82, 2.24) is 0 Å². The van der Waals surface area contributed by atoms with Gasteiger partial charge in [-0.15, -0.1) is 0 Å². The third kappa shape index (κ3) is 3.23. The van der Waals surface area contributed by atoms with E-state index in [0.29, 0.717) is 16.7 Å². The van der Waals surface area contributed by atoms with E-state index < -0.39 is 33.5 Å². The summed E-state index contributed by atoms with van der Waals surface area (Å²) in [5.74, 6) is -2.47. The summed E-state index contributed by atoms with van der Waals surface area (Å²) in [4.78, 5) is 54.9. The summed E-state index contributed by atoms with van der Waals surface area (Å²) in [5, 5.41) is 0. The quantitative estimate of drug-likeness (QED) is 0.409. The van der Waals surface area contributed by atoms with Gasteiger partial charge in [-0.25, -0.2) is 0 Å². The van der Waals surface area contributed by atoms with Crippen LogP contribution in [0.25, 0.3) is 11.1 Å². The average molecular weight is 537 g/mol. The third-order valence-electron chi connectivity index (χ3n) is 9.53. The predicted octanol–water partition coefficient (Wildman–Crippen LogP) is 6.69. The van der Waals surface area contributed by atoms with Gasteiger partial charge in [0.1, 0.15) is 11.8 Å². The van der Waals surface area contributed by atoms with Crippen molar-refractivity contribution in [3.8, 4) is 11.1 Å². The van der Waals surface area contributed by atoms with Gasteiger partial charge in [-0.05, 0) is 28.3 Å². The van der Waals surface area contributed by atoms with Crippen molar-refractivity contribution in [3.05, 3.63) is 58.1 Å². The first-order valence-corrected chi connectivity index (χ1v) is 12.9. The van der Waals surface area contributed by atoms with Crippen LogP contribution in [0.2, 0.25) is 0 Å². The molecule has 0 heterocycles. The minimum atomic E-state index is -0.963. The molecule has 0 saturated heterocycles. The van der Waals surface area contributed by atoms with Gasteiger partial charge < -0.3 is 0 Å². The normalized spacial score (nSPS) is 23.3. The lowest BCUT2D eigenvalue weighted by Crippen LogP contribution is -2.35. The fourth-order valence-electron chi connectivity index (χ4n) is 5.52. The summed E-state index contributed by atoms with van der Waals surface area (Å²) in [6, 6.07) is 12.9. The van der Waals surface area contributed by atoms with E-state index in [1.165, 1.54) is 0 Å². The van der Waals surface area contributed by atoms with E-state index >= 15 is 0 Å². The highest BCUT2D eigenvalue weighted by Crippen LogP contribution is 2.57. The van der Waals surface area contributed by atoms with Gasteiger partial charge in [0.15, 0.2) is 23.1 Å². The van der Waals surface area contributed by atoms with Gasteiger partial charge in [0, 0.05) is 26.1 Å². The van der Waals surface area contributed by atoms with E-state index in [2.05, 4.69) is 15.9 Å². The van der Waals surface area contributed by atoms with E-state index in [0.717, 1.165) is 10.0 Å². The summed E-state index contributed by atoms with van der Waals surface area (Å²) in [5.41, 5.74) is -0.891. The van der Waals surface area contributed by atoms with Crippen LogP contribution < -0.4 is 0 Å². The Morgan fingerprint density at radius 1 is 0.543 bits per heavy atom. The molecule has 2 aromatic rings. The van der Waals surface area contributed by atoms with Crippen LogP contribution in [0.3, 0.4) is 0 Å². The van der Waals surface area contributed by atoms with Crippen molar-refractivity contribution in [2.45, 2.75) is 67.2 Å². The maximum absolute atomic E-state index is 13.7. The molecule has 2 aromatic carbocycles. The van der Waals surface area contributed by atoms with Gasteiger partial charge in [0.05, 0.1) is 0 Å². The van der Waals surface area contributed by atoms with Gasteiger partial charge >= 0.3 is 0 Å². The predicted molar refractivity (Wildman–Crippen MR) is 140 cm³/mol. The molecule has 184 valence electrons. The van der Waals surface area contributed by atoms with Crippen LogP contribution in [0.5, 0.6) is 0 Å². The van der Waals surface area contributed by atoms with Gasteiger partial charge in [-0.1, -0.05) is 108 Å². The molecule has 0 aromatic heterocycles. The second-order valence-electron chi connectivity index (χ2n) is 12.1. The Morgan fingerprint density at radius 3 is 1.23 bits per heavy atom. The number of halogens is 1. The lowest BCUT2D eigenvalue weighted by Gasteiger charge is -2.30. The molecule has 2 aliphatic carbocycles. The Bertz CT molecular complexity index is 1170. The van der Waals surface area contributed by atoms with Crippen LogP contribution in [-0.2, 0) is 19.2 Å². The number of carbonyl (C=O) groups excluding carboxylic acids is 4. The van der Waals surface area contributed by atoms with Crippen LogP contribution in [0.4, 0.5) is 0 Å². The van der Waals surface area contributed by atoms with E-state index in [9.17, 15) is 19.2 Å². The lowest BCUT2D eigenvalue weighted by molar-refractivity contribution is -0.129. The molecule has 0 amide bonds. The summed E-state index contributed by atoms with van der Waals surface area (Å²) < 4.78 is 0.765. The molecule has 2 fully saturated rings. The molecule has 2 saturated carbocycles. The molecule has 0 N–H and O–H groups in total. The van der Waals surface area contributed by atoms with Crippen molar-refractivity contribution in [1.29, 1.82) is 0 Å². The molecule has 5 heteroatoms. The zero-order chi connectivity index (χ0) is 26.3. The summed E-state index contributed by atoms with van der Waals surface area (Å²) >= 11 is 3.63. The summed E-state index contributed by atoms with van der Waals surface area (Å²) in [6.07, 6.45) is 0. The summed E-state index contributed by atoms with van der Waals surface area (Å²) in [7, 11) is 0. The van der Waals surface area contributed by atoms with Crippen LogP contribution in [-0.4, -0.2) is 23.1 Å². The number of hydrogen-bond donors (Lipinski definition) is 0. The number of carbonyl (C=O) groups is 4. The molecule has 0 aliphatic heterocycles. The lowest BCUT2D eigenvalue weighted by atomic mass is 9.70. The number of Topliss-reactive ketones (excluding diaryl/α,β-unsaturated/α-hetero) is 4. The molecule has 4 rings (SSSR count). The first-order chi connectivity index (χ1) is 16.0. The summed E-state index contributed by atoms with van der Waals surface area (Å²) in [6.45, 7) is 14.6. The third-order valence-corrected chi connectivity index (χ3v) is 10.2. The Kier molecular flexibility index (Phi) is 5.72. The number of ketones is 4.